The lowest BCUT2D eigenvalue weighted by molar-refractivity contribution is -0.144. The van der Waals surface area contributed by atoms with E-state index in [1.807, 2.05) is 61.5 Å². The van der Waals surface area contributed by atoms with Crippen molar-refractivity contribution in [3.8, 4) is 0 Å². The highest BCUT2D eigenvalue weighted by Crippen LogP contribution is 2.64. The van der Waals surface area contributed by atoms with Crippen LogP contribution in [0.3, 0.4) is 0 Å². The van der Waals surface area contributed by atoms with Crippen LogP contribution in [0.4, 0.5) is 0 Å². The maximum absolute atomic E-state index is 12.9. The van der Waals surface area contributed by atoms with Crippen molar-refractivity contribution in [1.82, 2.24) is 0 Å². The number of carbonyl (C=O) groups is 2. The van der Waals surface area contributed by atoms with E-state index in [9.17, 15) is 9.59 Å². The molecule has 1 saturated carbocycles. The Morgan fingerprint density at radius 3 is 2.34 bits per heavy atom. The number of rotatable bonds is 5. The van der Waals surface area contributed by atoms with Gasteiger partial charge in [0.15, 0.2) is 0 Å². The highest BCUT2D eigenvalue weighted by atomic mass is 16.5. The minimum atomic E-state index is -0.671. The summed E-state index contributed by atoms with van der Waals surface area (Å²) >= 11 is 0. The highest BCUT2D eigenvalue weighted by Gasteiger charge is 2.69. The fraction of sp³-hybridized carbons (Fsp3) is 0.280. The number of methoxy groups -OCH3 is 1. The molecule has 0 spiro atoms. The van der Waals surface area contributed by atoms with Gasteiger partial charge in [0.2, 0.25) is 0 Å². The van der Waals surface area contributed by atoms with Crippen LogP contribution in [-0.2, 0) is 19.7 Å². The van der Waals surface area contributed by atoms with E-state index in [4.69, 9.17) is 9.47 Å². The molecule has 29 heavy (non-hydrogen) atoms. The molecule has 4 nitrogen and oxygen atoms in total. The van der Waals surface area contributed by atoms with Gasteiger partial charge >= 0.3 is 11.9 Å². The Hall–Kier alpha value is -3.14. The van der Waals surface area contributed by atoms with Crippen molar-refractivity contribution in [2.75, 3.05) is 7.11 Å². The van der Waals surface area contributed by atoms with Crippen molar-refractivity contribution >= 4 is 11.9 Å². The van der Waals surface area contributed by atoms with Gasteiger partial charge in [-0.25, -0.2) is 4.79 Å². The van der Waals surface area contributed by atoms with Crippen LogP contribution in [0, 0.1) is 11.8 Å². The summed E-state index contributed by atoms with van der Waals surface area (Å²) in [6, 6.07) is 18.8. The van der Waals surface area contributed by atoms with Crippen LogP contribution in [0.5, 0.6) is 0 Å². The lowest BCUT2D eigenvalue weighted by Crippen LogP contribution is -2.26. The zero-order valence-corrected chi connectivity index (χ0v) is 16.6. The maximum atomic E-state index is 12.9. The second-order valence-corrected chi connectivity index (χ2v) is 7.58. The van der Waals surface area contributed by atoms with Crippen molar-refractivity contribution in [1.29, 1.82) is 0 Å². The molecule has 2 aliphatic carbocycles. The number of carbonyl (C=O) groups excluding carboxylic acids is 2. The molecule has 0 unspecified atom stereocenters. The van der Waals surface area contributed by atoms with Crippen molar-refractivity contribution < 1.29 is 19.1 Å². The Kier molecular flexibility index (Phi) is 5.10. The number of ether oxygens (including phenoxy) is 2. The molecule has 0 saturated heterocycles. The Morgan fingerprint density at radius 1 is 1.03 bits per heavy atom. The van der Waals surface area contributed by atoms with E-state index >= 15 is 0 Å². The van der Waals surface area contributed by atoms with Gasteiger partial charge in [-0.3, -0.25) is 4.79 Å². The SMILES string of the molecule is COC(=O)[C@@]1(c2ccccc2)[C@@H]2C=C([C@H](C)OC(=O)c3ccccc3)C=CC[C@@H]21. The number of benzene rings is 2. The predicted molar refractivity (Wildman–Crippen MR) is 110 cm³/mol. The average Bonchev–Trinajstić information content (AvgIpc) is 3.45. The molecule has 0 aliphatic heterocycles. The summed E-state index contributed by atoms with van der Waals surface area (Å²) in [6.45, 7) is 1.86. The van der Waals surface area contributed by atoms with Gasteiger partial charge in [-0.1, -0.05) is 66.8 Å². The van der Waals surface area contributed by atoms with E-state index < -0.39 is 11.5 Å². The maximum Gasteiger partial charge on any atom is 0.338 e. The van der Waals surface area contributed by atoms with E-state index in [2.05, 4.69) is 12.2 Å². The molecule has 0 aromatic heterocycles. The third-order valence-corrected chi connectivity index (χ3v) is 6.04. The van der Waals surface area contributed by atoms with Gasteiger partial charge in [-0.2, -0.15) is 0 Å². The number of fused-ring (bicyclic) bond motifs is 1. The van der Waals surface area contributed by atoms with Gasteiger partial charge in [0.1, 0.15) is 11.5 Å². The molecule has 2 aliphatic rings. The standard InChI is InChI=1S/C25H24O4/c1-17(29-23(26)18-10-5-3-6-11-18)19-12-9-15-21-22(16-19)25(21,24(27)28-2)20-13-7-4-8-14-20/h3-14,16-17,21-22H,15H2,1-2H3/t17-,21-,22+,25+/m0/s1. The van der Waals surface area contributed by atoms with Crippen molar-refractivity contribution in [3.05, 3.63) is 95.6 Å². The Labute approximate surface area is 170 Å². The molecule has 1 fully saturated rings. The Morgan fingerprint density at radius 2 is 1.69 bits per heavy atom. The topological polar surface area (TPSA) is 52.6 Å². The first-order valence-electron chi connectivity index (χ1n) is 9.87. The molecule has 4 rings (SSSR count). The van der Waals surface area contributed by atoms with Gasteiger partial charge in [0.25, 0.3) is 0 Å². The largest absolute Gasteiger partial charge is 0.468 e. The van der Waals surface area contributed by atoms with Gasteiger partial charge in [-0.15, -0.1) is 0 Å². The lowest BCUT2D eigenvalue weighted by Gasteiger charge is -2.18. The van der Waals surface area contributed by atoms with Crippen LogP contribution >= 0.6 is 0 Å². The van der Waals surface area contributed by atoms with Gasteiger partial charge < -0.3 is 9.47 Å². The first-order chi connectivity index (χ1) is 14.1. The van der Waals surface area contributed by atoms with Crippen LogP contribution in [0.25, 0.3) is 0 Å². The van der Waals surface area contributed by atoms with Gasteiger partial charge in [0, 0.05) is 5.92 Å². The summed E-state index contributed by atoms with van der Waals surface area (Å²) in [4.78, 5) is 25.3. The lowest BCUT2D eigenvalue weighted by atomic mass is 9.89. The van der Waals surface area contributed by atoms with Crippen LogP contribution in [0.15, 0.2) is 84.5 Å². The number of allylic oxidation sites excluding steroid dienone is 2. The van der Waals surface area contributed by atoms with Crippen molar-refractivity contribution in [2.24, 2.45) is 11.8 Å². The normalized spacial score (nSPS) is 25.8. The number of esters is 2. The smallest absolute Gasteiger partial charge is 0.338 e. The van der Waals surface area contributed by atoms with Crippen molar-refractivity contribution in [3.63, 3.8) is 0 Å². The van der Waals surface area contributed by atoms with Gasteiger partial charge in [0.05, 0.1) is 12.7 Å². The monoisotopic (exact) mass is 388 g/mol. The predicted octanol–water partition coefficient (Wildman–Crippen LogP) is 4.48. The first-order valence-corrected chi connectivity index (χ1v) is 9.87. The number of hydrogen-bond acceptors (Lipinski definition) is 4. The summed E-state index contributed by atoms with van der Waals surface area (Å²) in [5.74, 6) is -0.409. The summed E-state index contributed by atoms with van der Waals surface area (Å²) in [5.41, 5.74) is 1.73. The summed E-state index contributed by atoms with van der Waals surface area (Å²) in [7, 11) is 1.44. The van der Waals surface area contributed by atoms with Crippen molar-refractivity contribution in [2.45, 2.75) is 24.9 Å². The minimum Gasteiger partial charge on any atom is -0.468 e. The highest BCUT2D eigenvalue weighted by molar-refractivity contribution is 5.90. The molecular formula is C25H24O4. The molecule has 0 bridgehead atoms. The quantitative estimate of drug-likeness (QED) is 0.709. The minimum absolute atomic E-state index is 0.0141. The molecule has 2 aromatic rings. The third-order valence-electron chi connectivity index (χ3n) is 6.04. The average molecular weight is 388 g/mol. The molecular weight excluding hydrogens is 364 g/mol. The van der Waals surface area contributed by atoms with Crippen LogP contribution < -0.4 is 0 Å². The molecule has 0 radical (unpaired) electrons. The summed E-state index contributed by atoms with van der Waals surface area (Å²) in [5, 5.41) is 0. The molecule has 4 atom stereocenters. The zero-order chi connectivity index (χ0) is 20.4. The molecule has 0 amide bonds. The first kappa shape index (κ1) is 19.2. The molecule has 2 aromatic carbocycles. The second kappa shape index (κ2) is 7.70. The molecule has 0 N–H and O–H groups in total. The van der Waals surface area contributed by atoms with Crippen LogP contribution in [-0.4, -0.2) is 25.2 Å². The van der Waals surface area contributed by atoms with E-state index in [0.717, 1.165) is 17.6 Å². The summed E-state index contributed by atoms with van der Waals surface area (Å²) in [6.07, 6.45) is 6.51. The Balaban J connectivity index is 1.60. The fourth-order valence-electron chi connectivity index (χ4n) is 4.52. The van der Waals surface area contributed by atoms with Crippen LogP contribution in [0.2, 0.25) is 0 Å². The van der Waals surface area contributed by atoms with Gasteiger partial charge in [-0.05, 0) is 42.5 Å². The number of hydrogen-bond donors (Lipinski definition) is 0. The third kappa shape index (κ3) is 3.29. The van der Waals surface area contributed by atoms with E-state index in [1.54, 1.807) is 12.1 Å². The molecule has 4 heteroatoms. The molecule has 0 heterocycles. The van der Waals surface area contributed by atoms with E-state index in [0.29, 0.717) is 5.56 Å². The Bertz CT molecular complexity index is 961. The van der Waals surface area contributed by atoms with Crippen LogP contribution in [0.1, 0.15) is 29.3 Å². The van der Waals surface area contributed by atoms with E-state index in [-0.39, 0.29) is 23.8 Å². The second-order valence-electron chi connectivity index (χ2n) is 7.58. The zero-order valence-electron chi connectivity index (χ0n) is 16.6. The van der Waals surface area contributed by atoms with E-state index in [1.165, 1.54) is 7.11 Å². The summed E-state index contributed by atoms with van der Waals surface area (Å²) < 4.78 is 10.9. The molecule has 148 valence electrons. The fourth-order valence-corrected chi connectivity index (χ4v) is 4.52.